The maximum absolute atomic E-state index is 11.9. The highest BCUT2D eigenvalue weighted by Crippen LogP contribution is 2.75. The summed E-state index contributed by atoms with van der Waals surface area (Å²) in [5.74, 6) is 1.68. The van der Waals surface area contributed by atoms with Gasteiger partial charge in [0.2, 0.25) is 0 Å². The third-order valence-corrected chi connectivity index (χ3v) is 24.3. The molecule has 88 heavy (non-hydrogen) atoms. The van der Waals surface area contributed by atoms with E-state index in [4.69, 9.17) is 47.4 Å². The summed E-state index contributed by atoms with van der Waals surface area (Å²) in [6.07, 6.45) is 6.12. The fourth-order valence-corrected chi connectivity index (χ4v) is 19.2. The van der Waals surface area contributed by atoms with Gasteiger partial charge >= 0.3 is 0 Å². The molecule has 0 radical (unpaired) electrons. The van der Waals surface area contributed by atoms with E-state index in [0.29, 0.717) is 101 Å². The molecule has 10 aliphatic rings. The molecule has 6 aliphatic heterocycles. The second-order valence-corrected chi connectivity index (χ2v) is 31.3. The van der Waals surface area contributed by atoms with Crippen molar-refractivity contribution in [2.75, 3.05) is 26.4 Å². The van der Waals surface area contributed by atoms with Crippen LogP contribution in [0.3, 0.4) is 0 Å². The highest BCUT2D eigenvalue weighted by atomic mass is 16.8. The lowest BCUT2D eigenvalue weighted by Gasteiger charge is -2.66. The molecular formula is C68H116O20. The Balaban J connectivity index is 0.748. The normalized spacial score (nSPS) is 47.3. The highest BCUT2D eigenvalue weighted by Gasteiger charge is 2.67. The van der Waals surface area contributed by atoms with Gasteiger partial charge in [-0.2, -0.15) is 0 Å². The molecule has 10 N–H and O–H groups in total. The lowest BCUT2D eigenvalue weighted by Crippen LogP contribution is -2.59. The SMILES string of the molecule is C[C@H](CC[C@@H](O[C@@H]1O[C@H](CO[C@H]2C[C@@H](O)C[C@@H](CO)O2)C[C@H](O)C1O[C@H]1C[C@@H](O)C[C@@H](CO)O1)C(C)(C)O)[C@H]1CC[C@@]2(C)[C@@H]3CC=C4C(CC[C@H](O[C@H]5C[C@@H](O)C[C@@H](CC[C@H]6C[C@@H](O)C[C@@H](CC[C@H]7C[C@@H](O)C[C@@H](CO)O7)O6)O5)C4(C)C)[C@]3(C)CC[C@]12C. The monoisotopic (exact) mass is 1250 g/mol. The Bertz CT molecular complexity index is 2230. The van der Waals surface area contributed by atoms with E-state index in [1.54, 1.807) is 13.8 Å². The maximum atomic E-state index is 11.9. The van der Waals surface area contributed by atoms with E-state index in [2.05, 4.69) is 47.6 Å². The van der Waals surface area contributed by atoms with Crippen molar-refractivity contribution in [3.8, 4) is 0 Å². The summed E-state index contributed by atoms with van der Waals surface area (Å²) >= 11 is 0. The Morgan fingerprint density at radius 2 is 1.05 bits per heavy atom. The lowest BCUT2D eigenvalue weighted by atomic mass is 9.39. The summed E-state index contributed by atoms with van der Waals surface area (Å²) in [7, 11) is 0. The number of fused-ring (bicyclic) bond motifs is 5. The van der Waals surface area contributed by atoms with E-state index in [9.17, 15) is 51.1 Å². The first kappa shape index (κ1) is 69.8. The molecule has 20 nitrogen and oxygen atoms in total. The van der Waals surface area contributed by atoms with Crippen LogP contribution in [0.25, 0.3) is 0 Å². The van der Waals surface area contributed by atoms with E-state index in [0.717, 1.165) is 51.4 Å². The first-order valence-electron chi connectivity index (χ1n) is 34.5. The van der Waals surface area contributed by atoms with Gasteiger partial charge in [-0.15, -0.1) is 0 Å². The third kappa shape index (κ3) is 15.7. The van der Waals surface area contributed by atoms with E-state index in [1.165, 1.54) is 5.57 Å². The van der Waals surface area contributed by atoms with Crippen molar-refractivity contribution in [3.63, 3.8) is 0 Å². The molecule has 3 saturated carbocycles. The zero-order valence-corrected chi connectivity index (χ0v) is 54.4. The van der Waals surface area contributed by atoms with Crippen molar-refractivity contribution in [3.05, 3.63) is 11.6 Å². The van der Waals surface area contributed by atoms with Gasteiger partial charge in [0.05, 0.1) is 130 Å². The van der Waals surface area contributed by atoms with Crippen LogP contribution in [0, 0.1) is 45.3 Å². The van der Waals surface area contributed by atoms with Gasteiger partial charge in [-0.25, -0.2) is 0 Å². The van der Waals surface area contributed by atoms with Crippen LogP contribution < -0.4 is 0 Å². The van der Waals surface area contributed by atoms with E-state index in [1.807, 2.05) is 0 Å². The van der Waals surface area contributed by atoms with Crippen LogP contribution in [0.15, 0.2) is 11.6 Å². The molecule has 0 bridgehead atoms. The number of hydrogen-bond acceptors (Lipinski definition) is 20. The Hall–Kier alpha value is -1.06. The number of ether oxygens (including phenoxy) is 10. The fourth-order valence-electron chi connectivity index (χ4n) is 19.2. The molecule has 0 aromatic carbocycles. The fraction of sp³-hybridized carbons (Fsp3) is 0.971. The van der Waals surface area contributed by atoms with Crippen molar-refractivity contribution in [1.82, 2.24) is 0 Å². The van der Waals surface area contributed by atoms with E-state index >= 15 is 0 Å². The van der Waals surface area contributed by atoms with Gasteiger partial charge in [0.25, 0.3) is 0 Å². The van der Waals surface area contributed by atoms with Crippen LogP contribution >= 0.6 is 0 Å². The standard InChI is InChI=1S/C68H116O20/c1-38(9-17-58(65(4,5)78)87-63-62(88-61-32-43(76)29-50(36-71)84-61)55(77)33-51(85-63)37-79-59-30-42(75)28-49(35-70)83-59)52-19-20-68(8)56-16-14-53-54(66(56,6)21-22-67(52,68)7)15-18-57(64(53,2)3)86-60-31-41(74)26-47(82-60)13-12-45-24-39(72)23-44(80-45)10-11-46-25-40(73)27-48(34-69)81-46/h14,38-52,54-63,69-78H,9-13,15-37H2,1-8H3/t38-,39+,40-,41+,42+,43+,44-,45+,46+,47-,48+,49+,50+,51+,52-,54?,55+,56-,57+,58-,59-,60+,61+,62?,63+,66+,67-,68+/m1/s1. The Kier molecular flexibility index (Phi) is 23.1. The average Bonchev–Trinajstić information content (AvgIpc) is 1.30. The minimum atomic E-state index is -1.32. The summed E-state index contributed by atoms with van der Waals surface area (Å²) in [4.78, 5) is 0. The summed E-state index contributed by atoms with van der Waals surface area (Å²) in [6.45, 7) is 17.7. The van der Waals surface area contributed by atoms with Gasteiger partial charge in [0.1, 0.15) is 6.10 Å². The second kappa shape index (κ2) is 29.1. The van der Waals surface area contributed by atoms with Gasteiger partial charge in [-0.1, -0.05) is 53.2 Å². The van der Waals surface area contributed by atoms with Gasteiger partial charge < -0.3 is 98.4 Å². The quantitative estimate of drug-likeness (QED) is 0.0497. The first-order valence-corrected chi connectivity index (χ1v) is 34.5. The number of allylic oxidation sites excluding steroid dienone is 1. The summed E-state index contributed by atoms with van der Waals surface area (Å²) in [6, 6.07) is 0. The average molecular weight is 1250 g/mol. The minimum Gasteiger partial charge on any atom is -0.394 e. The van der Waals surface area contributed by atoms with Crippen LogP contribution in [0.4, 0.5) is 0 Å². The molecular weight excluding hydrogens is 1140 g/mol. The molecule has 28 atom stereocenters. The van der Waals surface area contributed by atoms with Crippen LogP contribution in [-0.2, 0) is 47.4 Å². The van der Waals surface area contributed by atoms with Crippen LogP contribution in [0.5, 0.6) is 0 Å². The molecule has 6 heterocycles. The van der Waals surface area contributed by atoms with Crippen LogP contribution in [-0.4, -0.2) is 212 Å². The van der Waals surface area contributed by atoms with Gasteiger partial charge in [0.15, 0.2) is 25.2 Å². The first-order chi connectivity index (χ1) is 41.7. The molecule has 0 amide bonds. The predicted molar refractivity (Wildman–Crippen MR) is 323 cm³/mol. The molecule has 0 spiro atoms. The molecule has 0 aromatic heterocycles. The molecule has 10 rings (SSSR count). The Morgan fingerprint density at radius 3 is 1.62 bits per heavy atom. The lowest BCUT2D eigenvalue weighted by molar-refractivity contribution is -0.345. The predicted octanol–water partition coefficient (Wildman–Crippen LogP) is 6.38. The summed E-state index contributed by atoms with van der Waals surface area (Å²) in [5.41, 5.74) is 0.255. The molecule has 4 aliphatic carbocycles. The zero-order valence-electron chi connectivity index (χ0n) is 54.4. The summed E-state index contributed by atoms with van der Waals surface area (Å²) < 4.78 is 64.0. The Labute approximate surface area is 524 Å². The van der Waals surface area contributed by atoms with Crippen molar-refractivity contribution in [2.24, 2.45) is 45.3 Å². The van der Waals surface area contributed by atoms with Crippen molar-refractivity contribution >= 4 is 0 Å². The topological polar surface area (TPSA) is 295 Å². The number of aliphatic hydroxyl groups excluding tert-OH is 9. The molecule has 0 aromatic rings. The van der Waals surface area contributed by atoms with Gasteiger partial charge in [-0.3, -0.25) is 0 Å². The molecule has 508 valence electrons. The van der Waals surface area contributed by atoms with E-state index < -0.39 is 97.9 Å². The highest BCUT2D eigenvalue weighted by molar-refractivity contribution is 5.30. The van der Waals surface area contributed by atoms with Crippen molar-refractivity contribution in [2.45, 2.75) is 344 Å². The molecule has 6 saturated heterocycles. The van der Waals surface area contributed by atoms with Crippen LogP contribution in [0.2, 0.25) is 0 Å². The smallest absolute Gasteiger partial charge is 0.187 e. The maximum Gasteiger partial charge on any atom is 0.187 e. The minimum absolute atomic E-state index is 0.00348. The number of hydrogen-bond donors (Lipinski definition) is 10. The molecule has 20 heteroatoms. The second-order valence-electron chi connectivity index (χ2n) is 31.3. The van der Waals surface area contributed by atoms with Gasteiger partial charge in [-0.05, 0) is 163 Å². The van der Waals surface area contributed by atoms with Crippen LogP contribution in [0.1, 0.15) is 209 Å². The largest absolute Gasteiger partial charge is 0.394 e. The van der Waals surface area contributed by atoms with E-state index in [-0.39, 0.29) is 110 Å². The zero-order chi connectivity index (χ0) is 63.1. The number of aliphatic hydroxyl groups is 10. The molecule has 2 unspecified atom stereocenters. The van der Waals surface area contributed by atoms with Gasteiger partial charge in [0, 0.05) is 50.4 Å². The number of rotatable bonds is 23. The molecule has 9 fully saturated rings. The van der Waals surface area contributed by atoms with Crippen molar-refractivity contribution in [1.29, 1.82) is 0 Å². The van der Waals surface area contributed by atoms with Crippen molar-refractivity contribution < 1.29 is 98.4 Å². The summed E-state index contributed by atoms with van der Waals surface area (Å²) in [5, 5.41) is 107. The third-order valence-electron chi connectivity index (χ3n) is 24.3. The Morgan fingerprint density at radius 1 is 0.545 bits per heavy atom.